The van der Waals surface area contributed by atoms with Crippen LogP contribution in [0.15, 0.2) is 17.8 Å². The topological polar surface area (TPSA) is 86.1 Å². The molecule has 0 aromatic carbocycles. The molecule has 1 aliphatic carbocycles. The van der Waals surface area contributed by atoms with E-state index in [1.807, 2.05) is 11.5 Å². The largest absolute Gasteiger partial charge is 0.465 e. The zero-order valence-corrected chi connectivity index (χ0v) is 18.5. The summed E-state index contributed by atoms with van der Waals surface area (Å²) in [4.78, 5) is 26.3. The molecular weight excluding hydrogens is 408 g/mol. The number of aryl methyl sites for hydroxylation is 2. The number of aromatic nitrogens is 3. The average Bonchev–Trinajstić information content (AvgIpc) is 3.20. The Bertz CT molecular complexity index is 904. The molecule has 0 saturated heterocycles. The van der Waals surface area contributed by atoms with Crippen molar-refractivity contribution in [1.82, 2.24) is 14.8 Å². The molecule has 0 aliphatic heterocycles. The number of carbonyl (C=O) groups is 2. The molecule has 0 radical (unpaired) electrons. The molecule has 0 saturated carbocycles. The Morgan fingerprint density at radius 1 is 1.28 bits per heavy atom. The van der Waals surface area contributed by atoms with Crippen molar-refractivity contribution in [3.8, 4) is 0 Å². The molecule has 0 fully saturated rings. The number of anilines is 1. The van der Waals surface area contributed by atoms with E-state index >= 15 is 0 Å². The van der Waals surface area contributed by atoms with Crippen LogP contribution in [0.2, 0.25) is 0 Å². The lowest BCUT2D eigenvalue weighted by Gasteiger charge is -2.11. The number of nitrogens with one attached hydrogen (secondary N) is 1. The standard InChI is InChI=1S/C20H26N4O3S2/c1-4-11-24-13(2)22-23-20(24)28-12-16(25)21-18-17(19(26)27-3)14-9-7-5-6-8-10-15(14)29-18/h4H,1,5-12H2,2-3H3,(H,21,25). The van der Waals surface area contributed by atoms with Crippen LogP contribution >= 0.6 is 23.1 Å². The molecule has 3 rings (SSSR count). The molecule has 2 aromatic heterocycles. The summed E-state index contributed by atoms with van der Waals surface area (Å²) in [5, 5.41) is 12.4. The van der Waals surface area contributed by atoms with Gasteiger partial charge in [-0.25, -0.2) is 4.79 Å². The van der Waals surface area contributed by atoms with Gasteiger partial charge in [0.25, 0.3) is 0 Å². The van der Waals surface area contributed by atoms with Crippen molar-refractivity contribution in [2.24, 2.45) is 0 Å². The summed E-state index contributed by atoms with van der Waals surface area (Å²) in [6.07, 6.45) is 8.09. The monoisotopic (exact) mass is 434 g/mol. The van der Waals surface area contributed by atoms with E-state index < -0.39 is 0 Å². The van der Waals surface area contributed by atoms with Gasteiger partial charge < -0.3 is 14.6 Å². The minimum Gasteiger partial charge on any atom is -0.465 e. The van der Waals surface area contributed by atoms with Gasteiger partial charge >= 0.3 is 5.97 Å². The maximum absolute atomic E-state index is 12.6. The van der Waals surface area contributed by atoms with Crippen molar-refractivity contribution in [3.63, 3.8) is 0 Å². The maximum Gasteiger partial charge on any atom is 0.341 e. The van der Waals surface area contributed by atoms with Crippen molar-refractivity contribution in [3.05, 3.63) is 34.5 Å². The van der Waals surface area contributed by atoms with Gasteiger partial charge in [-0.15, -0.1) is 28.1 Å². The molecule has 1 amide bonds. The molecule has 7 nitrogen and oxygen atoms in total. The minimum absolute atomic E-state index is 0.179. The fraction of sp³-hybridized carbons (Fsp3) is 0.500. The Balaban J connectivity index is 1.75. The SMILES string of the molecule is C=CCn1c(C)nnc1SCC(=O)Nc1sc2c(c1C(=O)OC)CCCCCC2. The minimum atomic E-state index is -0.382. The van der Waals surface area contributed by atoms with Crippen LogP contribution in [0.3, 0.4) is 0 Å². The molecule has 0 bridgehead atoms. The lowest BCUT2D eigenvalue weighted by molar-refractivity contribution is -0.113. The Kier molecular flexibility index (Phi) is 7.49. The van der Waals surface area contributed by atoms with Crippen LogP contribution in [0, 0.1) is 6.92 Å². The van der Waals surface area contributed by atoms with Gasteiger partial charge in [-0.2, -0.15) is 0 Å². The molecule has 29 heavy (non-hydrogen) atoms. The first-order valence-corrected chi connectivity index (χ1v) is 11.5. The fourth-order valence-corrected chi connectivity index (χ4v) is 5.51. The summed E-state index contributed by atoms with van der Waals surface area (Å²) >= 11 is 2.82. The number of fused-ring (bicyclic) bond motifs is 1. The van der Waals surface area contributed by atoms with Crippen LogP contribution in [0.4, 0.5) is 5.00 Å². The third-order valence-corrected chi connectivity index (χ3v) is 7.03. The Labute approximate surface area is 178 Å². The van der Waals surface area contributed by atoms with Crippen LogP contribution in [0.5, 0.6) is 0 Å². The number of methoxy groups -OCH3 is 1. The summed E-state index contributed by atoms with van der Waals surface area (Å²) < 4.78 is 6.91. The highest BCUT2D eigenvalue weighted by Gasteiger charge is 2.26. The molecular formula is C20H26N4O3S2. The van der Waals surface area contributed by atoms with Crippen molar-refractivity contribution in [2.45, 2.75) is 57.1 Å². The van der Waals surface area contributed by atoms with E-state index in [0.29, 0.717) is 22.3 Å². The van der Waals surface area contributed by atoms with Gasteiger partial charge in [-0.3, -0.25) is 4.79 Å². The second-order valence-electron chi connectivity index (χ2n) is 6.88. The summed E-state index contributed by atoms with van der Waals surface area (Å²) in [6.45, 7) is 6.20. The van der Waals surface area contributed by atoms with Crippen LogP contribution in [0.1, 0.15) is 52.3 Å². The first kappa shape index (κ1) is 21.6. The maximum atomic E-state index is 12.6. The highest BCUT2D eigenvalue weighted by molar-refractivity contribution is 7.99. The van der Waals surface area contributed by atoms with Gasteiger partial charge in [-0.1, -0.05) is 30.7 Å². The summed E-state index contributed by atoms with van der Waals surface area (Å²) in [5.41, 5.74) is 1.57. The molecule has 0 unspecified atom stereocenters. The Morgan fingerprint density at radius 3 is 2.76 bits per heavy atom. The van der Waals surface area contributed by atoms with E-state index in [0.717, 1.165) is 37.1 Å². The molecule has 0 atom stereocenters. The van der Waals surface area contributed by atoms with Gasteiger partial charge in [0, 0.05) is 11.4 Å². The number of allylic oxidation sites excluding steroid dienone is 1. The summed E-state index contributed by atoms with van der Waals surface area (Å²) in [5.74, 6) is 0.393. The predicted molar refractivity (Wildman–Crippen MR) is 116 cm³/mol. The number of esters is 1. The van der Waals surface area contributed by atoms with Crippen LogP contribution < -0.4 is 5.32 Å². The zero-order chi connectivity index (χ0) is 20.8. The van der Waals surface area contributed by atoms with Crippen LogP contribution in [-0.4, -0.2) is 39.5 Å². The Morgan fingerprint density at radius 2 is 2.03 bits per heavy atom. The van der Waals surface area contributed by atoms with Crippen molar-refractivity contribution >= 4 is 40.0 Å². The molecule has 1 N–H and O–H groups in total. The summed E-state index contributed by atoms with van der Waals surface area (Å²) in [6, 6.07) is 0. The number of thiophene rings is 1. The molecule has 2 heterocycles. The van der Waals surface area contributed by atoms with E-state index in [2.05, 4.69) is 22.1 Å². The van der Waals surface area contributed by atoms with E-state index in [1.165, 1.54) is 47.9 Å². The van der Waals surface area contributed by atoms with Crippen molar-refractivity contribution < 1.29 is 14.3 Å². The van der Waals surface area contributed by atoms with Crippen LogP contribution in [-0.2, 0) is 28.9 Å². The van der Waals surface area contributed by atoms with Gasteiger partial charge in [0.2, 0.25) is 5.91 Å². The lowest BCUT2D eigenvalue weighted by atomic mass is 9.96. The zero-order valence-electron chi connectivity index (χ0n) is 16.8. The second kappa shape index (κ2) is 10.1. The number of hydrogen-bond donors (Lipinski definition) is 1. The summed E-state index contributed by atoms with van der Waals surface area (Å²) in [7, 11) is 1.38. The fourth-order valence-electron chi connectivity index (χ4n) is 3.43. The molecule has 156 valence electrons. The molecule has 0 spiro atoms. The van der Waals surface area contributed by atoms with Crippen molar-refractivity contribution in [2.75, 3.05) is 18.2 Å². The second-order valence-corrected chi connectivity index (χ2v) is 8.93. The molecule has 9 heteroatoms. The van der Waals surface area contributed by atoms with Gasteiger partial charge in [-0.05, 0) is 38.2 Å². The first-order valence-electron chi connectivity index (χ1n) is 9.71. The number of rotatable bonds is 7. The van der Waals surface area contributed by atoms with Gasteiger partial charge in [0.15, 0.2) is 5.16 Å². The van der Waals surface area contributed by atoms with E-state index in [9.17, 15) is 9.59 Å². The Hall–Kier alpha value is -2.13. The van der Waals surface area contributed by atoms with Crippen molar-refractivity contribution in [1.29, 1.82) is 0 Å². The number of nitrogens with zero attached hydrogens (tertiary/aromatic N) is 3. The third kappa shape index (κ3) is 5.08. The lowest BCUT2D eigenvalue weighted by Crippen LogP contribution is -2.17. The third-order valence-electron chi connectivity index (χ3n) is 4.86. The van der Waals surface area contributed by atoms with E-state index in [4.69, 9.17) is 4.74 Å². The highest BCUT2D eigenvalue weighted by Crippen LogP contribution is 2.37. The quantitative estimate of drug-likeness (QED) is 0.403. The predicted octanol–water partition coefficient (Wildman–Crippen LogP) is 4.01. The average molecular weight is 435 g/mol. The van der Waals surface area contributed by atoms with E-state index in [-0.39, 0.29) is 17.6 Å². The molecule has 1 aliphatic rings. The highest BCUT2D eigenvalue weighted by atomic mass is 32.2. The normalized spacial score (nSPS) is 13.9. The van der Waals surface area contributed by atoms with E-state index in [1.54, 1.807) is 6.08 Å². The number of carbonyl (C=O) groups excluding carboxylic acids is 2. The number of hydrogen-bond acceptors (Lipinski definition) is 7. The number of amides is 1. The smallest absolute Gasteiger partial charge is 0.341 e. The molecule has 2 aromatic rings. The first-order chi connectivity index (χ1) is 14.0. The number of ether oxygens (including phenoxy) is 1. The van der Waals surface area contributed by atoms with Gasteiger partial charge in [0.1, 0.15) is 10.8 Å². The number of thioether (sulfide) groups is 1. The van der Waals surface area contributed by atoms with Gasteiger partial charge in [0.05, 0.1) is 18.4 Å². The van der Waals surface area contributed by atoms with Crippen LogP contribution in [0.25, 0.3) is 0 Å².